The number of amides is 3. The molecule has 0 spiro atoms. The number of hydrogen-bond acceptors (Lipinski definition) is 8. The smallest absolute Gasteiger partial charge is 0.317 e. The first kappa shape index (κ1) is 30.5. The van der Waals surface area contributed by atoms with E-state index < -0.39 is 32.8 Å². The number of para-hydroxylation sites is 2. The van der Waals surface area contributed by atoms with E-state index in [1.165, 1.54) is 4.90 Å². The number of nitrogens with zero attached hydrogens (tertiary/aromatic N) is 2. The van der Waals surface area contributed by atoms with Crippen LogP contribution in [0.1, 0.15) is 41.9 Å². The topological polar surface area (TPSA) is 148 Å². The lowest BCUT2D eigenvalue weighted by Gasteiger charge is -2.27. The molecule has 1 unspecified atom stereocenters. The van der Waals surface area contributed by atoms with Crippen LogP contribution in [0, 0.1) is 0 Å². The maximum absolute atomic E-state index is 13.3. The van der Waals surface area contributed by atoms with Crippen molar-refractivity contribution in [3.05, 3.63) is 65.0 Å². The average Bonchev–Trinajstić information content (AvgIpc) is 3.41. The van der Waals surface area contributed by atoms with Gasteiger partial charge < -0.3 is 24.7 Å². The SMILES string of the molecule is O=C(CCCCCNC(=O)C(CNC(=O)N1CCOCC1)S(=O)(=O)Cc1ccccc1Cl)c1nc2ccccc2o1. The Morgan fingerprint density at radius 3 is 2.46 bits per heavy atom. The summed E-state index contributed by atoms with van der Waals surface area (Å²) in [6.45, 7) is 1.37. The quantitative estimate of drug-likeness (QED) is 0.223. The minimum absolute atomic E-state index is 0.0743. The summed E-state index contributed by atoms with van der Waals surface area (Å²) in [6.07, 6.45) is 1.95. The van der Waals surface area contributed by atoms with Crippen molar-refractivity contribution in [1.29, 1.82) is 0 Å². The van der Waals surface area contributed by atoms with Gasteiger partial charge in [0.05, 0.1) is 19.0 Å². The van der Waals surface area contributed by atoms with Gasteiger partial charge in [-0.3, -0.25) is 9.59 Å². The highest BCUT2D eigenvalue weighted by atomic mass is 35.5. The molecule has 220 valence electrons. The molecule has 2 aromatic carbocycles. The lowest BCUT2D eigenvalue weighted by molar-refractivity contribution is -0.120. The Labute approximate surface area is 243 Å². The van der Waals surface area contributed by atoms with Gasteiger partial charge >= 0.3 is 6.03 Å². The van der Waals surface area contributed by atoms with Gasteiger partial charge in [0.1, 0.15) is 5.52 Å². The number of ether oxygens (including phenoxy) is 1. The van der Waals surface area contributed by atoms with E-state index in [-0.39, 0.29) is 36.2 Å². The highest BCUT2D eigenvalue weighted by Crippen LogP contribution is 2.20. The Bertz CT molecular complexity index is 1440. The van der Waals surface area contributed by atoms with Crippen molar-refractivity contribution in [1.82, 2.24) is 20.5 Å². The summed E-state index contributed by atoms with van der Waals surface area (Å²) in [6, 6.07) is 13.2. The molecule has 0 saturated carbocycles. The first-order valence-corrected chi connectivity index (χ1v) is 15.6. The van der Waals surface area contributed by atoms with Crippen molar-refractivity contribution in [2.24, 2.45) is 0 Å². The van der Waals surface area contributed by atoms with Crippen LogP contribution in [0.15, 0.2) is 52.9 Å². The second kappa shape index (κ2) is 14.4. The molecule has 1 aromatic heterocycles. The second-order valence-corrected chi connectivity index (χ2v) is 12.3. The lowest BCUT2D eigenvalue weighted by Crippen LogP contribution is -2.52. The fourth-order valence-electron chi connectivity index (χ4n) is 4.38. The molecule has 2 heterocycles. The van der Waals surface area contributed by atoms with Crippen LogP contribution in [0.4, 0.5) is 4.79 Å². The Balaban J connectivity index is 1.29. The van der Waals surface area contributed by atoms with Crippen LogP contribution in [0.25, 0.3) is 11.1 Å². The Morgan fingerprint density at radius 1 is 0.976 bits per heavy atom. The first-order valence-electron chi connectivity index (χ1n) is 13.5. The fourth-order valence-corrected chi connectivity index (χ4v) is 6.30. The number of carbonyl (C=O) groups excluding carboxylic acids is 3. The van der Waals surface area contributed by atoms with Gasteiger partial charge in [-0.05, 0) is 36.6 Å². The van der Waals surface area contributed by atoms with Crippen LogP contribution in [-0.4, -0.2) is 80.7 Å². The van der Waals surface area contributed by atoms with Crippen molar-refractivity contribution < 1.29 is 32.0 Å². The monoisotopic (exact) mass is 604 g/mol. The highest BCUT2D eigenvalue weighted by molar-refractivity contribution is 7.92. The normalized spacial score (nSPS) is 14.5. The zero-order chi connectivity index (χ0) is 29.2. The van der Waals surface area contributed by atoms with E-state index in [0.29, 0.717) is 62.2 Å². The molecule has 11 nitrogen and oxygen atoms in total. The largest absolute Gasteiger partial charge is 0.434 e. The van der Waals surface area contributed by atoms with Gasteiger partial charge in [0, 0.05) is 37.6 Å². The molecule has 2 N–H and O–H groups in total. The van der Waals surface area contributed by atoms with Gasteiger partial charge in [0.2, 0.25) is 11.7 Å². The molecular formula is C28H33ClN4O7S. The fraction of sp³-hybridized carbons (Fsp3) is 0.429. The van der Waals surface area contributed by atoms with E-state index in [1.807, 2.05) is 6.07 Å². The minimum atomic E-state index is -4.04. The molecule has 3 amide bonds. The maximum Gasteiger partial charge on any atom is 0.317 e. The predicted molar refractivity (Wildman–Crippen MR) is 153 cm³/mol. The third kappa shape index (κ3) is 8.51. The van der Waals surface area contributed by atoms with Gasteiger partial charge in [-0.15, -0.1) is 0 Å². The molecule has 0 aliphatic carbocycles. The van der Waals surface area contributed by atoms with E-state index in [0.717, 1.165) is 0 Å². The number of ketones is 1. The summed E-state index contributed by atoms with van der Waals surface area (Å²) in [4.78, 5) is 43.8. The number of halogens is 1. The Kier molecular flexibility index (Phi) is 10.7. The first-order chi connectivity index (χ1) is 19.7. The van der Waals surface area contributed by atoms with E-state index in [9.17, 15) is 22.8 Å². The summed E-state index contributed by atoms with van der Waals surface area (Å²) < 4.78 is 37.4. The second-order valence-electron chi connectivity index (χ2n) is 9.68. The van der Waals surface area contributed by atoms with Gasteiger partial charge in [-0.1, -0.05) is 48.4 Å². The molecule has 1 saturated heterocycles. The number of morpholine rings is 1. The standard InChI is InChI=1S/C28H33ClN4O7S/c29-21-9-4-3-8-20(21)19-41(37,38)25(18-31-28(36)33-14-16-39-17-15-33)26(35)30-13-7-1-2-11-23(34)27-32-22-10-5-6-12-24(22)40-27/h3-6,8-10,12,25H,1-2,7,11,13-19H2,(H,30,35)(H,31,36). The molecule has 41 heavy (non-hydrogen) atoms. The van der Waals surface area contributed by atoms with Crippen LogP contribution < -0.4 is 10.6 Å². The third-order valence-electron chi connectivity index (χ3n) is 6.69. The van der Waals surface area contributed by atoms with Gasteiger partial charge in [-0.2, -0.15) is 0 Å². The van der Waals surface area contributed by atoms with E-state index in [1.54, 1.807) is 42.5 Å². The van der Waals surface area contributed by atoms with Crippen molar-refractivity contribution in [3.8, 4) is 0 Å². The molecule has 1 atom stereocenters. The minimum Gasteiger partial charge on any atom is -0.434 e. The zero-order valence-corrected chi connectivity index (χ0v) is 24.1. The number of aromatic nitrogens is 1. The van der Waals surface area contributed by atoms with Crippen molar-refractivity contribution in [2.75, 3.05) is 39.4 Å². The van der Waals surface area contributed by atoms with E-state index in [2.05, 4.69) is 15.6 Å². The number of carbonyl (C=O) groups is 3. The zero-order valence-electron chi connectivity index (χ0n) is 22.5. The number of urea groups is 1. The molecule has 4 rings (SSSR count). The highest BCUT2D eigenvalue weighted by Gasteiger charge is 2.34. The number of rotatable bonds is 13. The van der Waals surface area contributed by atoms with Crippen LogP contribution in [0.5, 0.6) is 0 Å². The van der Waals surface area contributed by atoms with Crippen LogP contribution in [-0.2, 0) is 25.1 Å². The van der Waals surface area contributed by atoms with Crippen LogP contribution >= 0.6 is 11.6 Å². The molecule has 0 radical (unpaired) electrons. The number of sulfone groups is 1. The number of unbranched alkanes of at least 4 members (excludes halogenated alkanes) is 2. The molecule has 13 heteroatoms. The summed E-state index contributed by atoms with van der Waals surface area (Å²) in [7, 11) is -4.04. The van der Waals surface area contributed by atoms with Crippen molar-refractivity contribution in [2.45, 2.75) is 36.7 Å². The van der Waals surface area contributed by atoms with Gasteiger partial charge in [0.25, 0.3) is 5.89 Å². The third-order valence-corrected chi connectivity index (χ3v) is 9.02. The number of hydrogen-bond donors (Lipinski definition) is 2. The molecule has 0 bridgehead atoms. The number of nitrogens with one attached hydrogen (secondary N) is 2. The van der Waals surface area contributed by atoms with E-state index in [4.69, 9.17) is 20.8 Å². The van der Waals surface area contributed by atoms with Gasteiger partial charge in [-0.25, -0.2) is 18.2 Å². The maximum atomic E-state index is 13.3. The summed E-state index contributed by atoms with van der Waals surface area (Å²) >= 11 is 6.17. The van der Waals surface area contributed by atoms with E-state index >= 15 is 0 Å². The molecule has 1 aliphatic rings. The molecule has 1 aliphatic heterocycles. The van der Waals surface area contributed by atoms with Crippen LogP contribution in [0.3, 0.4) is 0 Å². The number of benzene rings is 2. The number of Topliss-reactive ketones (excluding diaryl/α,β-unsaturated/α-hetero) is 1. The van der Waals surface area contributed by atoms with Crippen molar-refractivity contribution >= 4 is 50.3 Å². The number of fused-ring (bicyclic) bond motifs is 1. The number of oxazole rings is 1. The van der Waals surface area contributed by atoms with Crippen molar-refractivity contribution in [3.63, 3.8) is 0 Å². The Morgan fingerprint density at radius 2 is 1.71 bits per heavy atom. The summed E-state index contributed by atoms with van der Waals surface area (Å²) in [5, 5.41) is 4.04. The lowest BCUT2D eigenvalue weighted by atomic mass is 10.1. The predicted octanol–water partition coefficient (Wildman–Crippen LogP) is 3.37. The molecule has 1 fully saturated rings. The van der Waals surface area contributed by atoms with Gasteiger partial charge in [0.15, 0.2) is 20.7 Å². The summed E-state index contributed by atoms with van der Waals surface area (Å²) in [5.74, 6) is -1.28. The van der Waals surface area contributed by atoms with Crippen LogP contribution in [0.2, 0.25) is 5.02 Å². The molecular weight excluding hydrogens is 572 g/mol. The average molecular weight is 605 g/mol. The summed E-state index contributed by atoms with van der Waals surface area (Å²) in [5.41, 5.74) is 1.55. The Hall–Kier alpha value is -3.48. The molecule has 3 aromatic rings.